The number of piperidine rings is 1. The number of carbonyl (C=O) groups excluding carboxylic acids is 1. The normalized spacial score (nSPS) is 20.0. The molecule has 0 spiro atoms. The van der Waals surface area contributed by atoms with Crippen molar-refractivity contribution in [2.24, 2.45) is 5.92 Å². The zero-order chi connectivity index (χ0) is 13.7. The number of hydrogen-bond acceptors (Lipinski definition) is 3. The Labute approximate surface area is 124 Å². The quantitative estimate of drug-likeness (QED) is 0.595. The summed E-state index contributed by atoms with van der Waals surface area (Å²) in [5.74, 6) is 1.06. The Kier molecular flexibility index (Phi) is 5.64. The molecule has 1 saturated heterocycles. The lowest BCUT2D eigenvalue weighted by molar-refractivity contribution is -0.137. The van der Waals surface area contributed by atoms with Gasteiger partial charge in [-0.3, -0.25) is 4.79 Å². The Morgan fingerprint density at radius 2 is 2.37 bits per heavy atom. The summed E-state index contributed by atoms with van der Waals surface area (Å²) >= 11 is 7.42. The number of unbranched alkanes of at least 4 members (excludes halogenated alkanes) is 1. The van der Waals surface area contributed by atoms with E-state index in [2.05, 4.69) is 4.98 Å². The molecular formula is C14H21ClN2OS. The van der Waals surface area contributed by atoms with Crippen LogP contribution >= 0.6 is 22.9 Å². The molecule has 19 heavy (non-hydrogen) atoms. The third kappa shape index (κ3) is 4.18. The minimum atomic E-state index is 0.221. The van der Waals surface area contributed by atoms with Crippen molar-refractivity contribution in [2.45, 2.75) is 44.9 Å². The average molecular weight is 301 g/mol. The molecule has 1 aliphatic heterocycles. The Balaban J connectivity index is 1.67. The molecule has 1 aliphatic rings. The molecule has 0 N–H and O–H groups in total. The Hall–Kier alpha value is -0.610. The highest BCUT2D eigenvalue weighted by molar-refractivity contribution is 7.09. The number of aryl methyl sites for hydroxylation is 1. The van der Waals surface area contributed by atoms with Crippen molar-refractivity contribution in [3.05, 3.63) is 16.1 Å². The monoisotopic (exact) mass is 300 g/mol. The van der Waals surface area contributed by atoms with Crippen LogP contribution in [0, 0.1) is 5.92 Å². The van der Waals surface area contributed by atoms with Gasteiger partial charge in [-0.25, -0.2) is 4.98 Å². The van der Waals surface area contributed by atoms with E-state index in [1.54, 1.807) is 11.3 Å². The number of amides is 1. The van der Waals surface area contributed by atoms with Gasteiger partial charge < -0.3 is 4.90 Å². The van der Waals surface area contributed by atoms with Gasteiger partial charge in [0.05, 0.1) is 16.6 Å². The van der Waals surface area contributed by atoms with Gasteiger partial charge in [-0.15, -0.1) is 22.9 Å². The predicted molar refractivity (Wildman–Crippen MR) is 79.6 cm³/mol. The van der Waals surface area contributed by atoms with Crippen LogP contribution in [0.15, 0.2) is 5.38 Å². The second kappa shape index (κ2) is 7.25. The van der Waals surface area contributed by atoms with Crippen molar-refractivity contribution >= 4 is 28.8 Å². The molecular weight excluding hydrogens is 280 g/mol. The number of hydrogen-bond donors (Lipinski definition) is 0. The van der Waals surface area contributed by atoms with Crippen molar-refractivity contribution < 1.29 is 4.79 Å². The summed E-state index contributed by atoms with van der Waals surface area (Å²) in [4.78, 5) is 18.4. The molecule has 0 radical (unpaired) electrons. The number of rotatable bonds is 6. The second-order valence-electron chi connectivity index (χ2n) is 5.19. The molecule has 2 heterocycles. The lowest BCUT2D eigenvalue weighted by Gasteiger charge is -2.30. The van der Waals surface area contributed by atoms with Gasteiger partial charge in [-0.05, 0) is 32.1 Å². The van der Waals surface area contributed by atoms with Crippen LogP contribution in [0.2, 0.25) is 0 Å². The van der Waals surface area contributed by atoms with E-state index in [1.165, 1.54) is 0 Å². The molecule has 0 bridgehead atoms. The fourth-order valence-corrected chi connectivity index (χ4v) is 3.53. The summed E-state index contributed by atoms with van der Waals surface area (Å²) in [6.07, 6.45) is 5.36. The second-order valence-corrected chi connectivity index (χ2v) is 6.40. The summed E-state index contributed by atoms with van der Waals surface area (Å²) in [7, 11) is 0. The summed E-state index contributed by atoms with van der Waals surface area (Å²) < 4.78 is 0. The Morgan fingerprint density at radius 3 is 3.11 bits per heavy atom. The van der Waals surface area contributed by atoms with E-state index in [9.17, 15) is 4.79 Å². The number of carbonyl (C=O) groups is 1. The number of likely N-dealkylation sites (tertiary alicyclic amines) is 1. The van der Waals surface area contributed by atoms with E-state index in [-0.39, 0.29) is 5.92 Å². The number of halogens is 1. The largest absolute Gasteiger partial charge is 0.342 e. The third-order valence-corrected chi connectivity index (χ3v) is 4.83. The van der Waals surface area contributed by atoms with Gasteiger partial charge in [0.1, 0.15) is 0 Å². The molecule has 5 heteroatoms. The molecule has 1 aromatic rings. The third-order valence-electron chi connectivity index (χ3n) is 3.60. The number of nitrogens with zero attached hydrogens (tertiary/aromatic N) is 2. The molecule has 0 saturated carbocycles. The van der Waals surface area contributed by atoms with E-state index in [1.807, 2.05) is 17.2 Å². The molecule has 0 aromatic carbocycles. The first-order valence-corrected chi connectivity index (χ1v) is 8.40. The highest BCUT2D eigenvalue weighted by Crippen LogP contribution is 2.18. The number of thiazole rings is 1. The topological polar surface area (TPSA) is 33.2 Å². The maximum Gasteiger partial charge on any atom is 0.225 e. The summed E-state index contributed by atoms with van der Waals surface area (Å²) in [6, 6.07) is 0. The molecule has 1 amide bonds. The molecule has 106 valence electrons. The number of alkyl halides is 1. The average Bonchev–Trinajstić information content (AvgIpc) is 2.87. The van der Waals surface area contributed by atoms with Gasteiger partial charge in [0.2, 0.25) is 5.91 Å². The van der Waals surface area contributed by atoms with E-state index in [4.69, 9.17) is 11.6 Å². The molecule has 3 nitrogen and oxygen atoms in total. The van der Waals surface area contributed by atoms with Crippen molar-refractivity contribution in [1.82, 2.24) is 9.88 Å². The van der Waals surface area contributed by atoms with Crippen LogP contribution in [0.3, 0.4) is 0 Å². The van der Waals surface area contributed by atoms with E-state index < -0.39 is 0 Å². The zero-order valence-electron chi connectivity index (χ0n) is 11.4. The molecule has 2 rings (SSSR count). The van der Waals surface area contributed by atoms with Gasteiger partial charge in [0.25, 0.3) is 0 Å². The highest BCUT2D eigenvalue weighted by Gasteiger charge is 2.24. The first-order valence-electron chi connectivity index (χ1n) is 6.98. The van der Waals surface area contributed by atoms with Crippen LogP contribution in [0.25, 0.3) is 0 Å². The first kappa shape index (κ1) is 14.8. The smallest absolute Gasteiger partial charge is 0.225 e. The summed E-state index contributed by atoms with van der Waals surface area (Å²) in [5, 5.41) is 3.19. The lowest BCUT2D eigenvalue weighted by atomic mass is 9.99. The van der Waals surface area contributed by atoms with E-state index in [0.717, 1.165) is 55.9 Å². The van der Waals surface area contributed by atoms with Crippen LogP contribution in [-0.2, 0) is 17.1 Å². The van der Waals surface area contributed by atoms with Gasteiger partial charge in [-0.2, -0.15) is 0 Å². The van der Waals surface area contributed by atoms with Gasteiger partial charge in [0.15, 0.2) is 0 Å². The van der Waals surface area contributed by atoms with Crippen molar-refractivity contribution in [3.8, 4) is 0 Å². The lowest BCUT2D eigenvalue weighted by Crippen LogP contribution is -2.40. The minimum absolute atomic E-state index is 0.221. The van der Waals surface area contributed by atoms with E-state index in [0.29, 0.717) is 11.8 Å². The molecule has 1 aromatic heterocycles. The molecule has 0 aliphatic carbocycles. The summed E-state index contributed by atoms with van der Waals surface area (Å²) in [5.41, 5.74) is 0.974. The fraction of sp³-hybridized carbons (Fsp3) is 0.714. The standard InChI is InChI=1S/C14H21ClN2OS/c1-11-5-4-8-17(14(11)18)7-3-2-6-13-16-12(9-15)10-19-13/h10-11H,2-9H2,1H3. The van der Waals surface area contributed by atoms with Gasteiger partial charge >= 0.3 is 0 Å². The van der Waals surface area contributed by atoms with Crippen LogP contribution in [0.4, 0.5) is 0 Å². The SMILES string of the molecule is CC1CCCN(CCCCc2nc(CCl)cs2)C1=O. The Bertz CT molecular complexity index is 421. The minimum Gasteiger partial charge on any atom is -0.342 e. The Morgan fingerprint density at radius 1 is 1.53 bits per heavy atom. The zero-order valence-corrected chi connectivity index (χ0v) is 13.0. The fourth-order valence-electron chi connectivity index (χ4n) is 2.46. The van der Waals surface area contributed by atoms with Crippen LogP contribution in [0.5, 0.6) is 0 Å². The van der Waals surface area contributed by atoms with Crippen LogP contribution < -0.4 is 0 Å². The molecule has 1 atom stereocenters. The van der Waals surface area contributed by atoms with Crippen LogP contribution in [0.1, 0.15) is 43.3 Å². The van der Waals surface area contributed by atoms with Crippen molar-refractivity contribution in [2.75, 3.05) is 13.1 Å². The molecule has 1 fully saturated rings. The summed E-state index contributed by atoms with van der Waals surface area (Å²) in [6.45, 7) is 3.88. The molecule has 1 unspecified atom stereocenters. The maximum atomic E-state index is 11.9. The van der Waals surface area contributed by atoms with E-state index >= 15 is 0 Å². The van der Waals surface area contributed by atoms with Crippen LogP contribution in [-0.4, -0.2) is 28.9 Å². The van der Waals surface area contributed by atoms with Gasteiger partial charge in [0, 0.05) is 24.4 Å². The van der Waals surface area contributed by atoms with Gasteiger partial charge in [-0.1, -0.05) is 6.92 Å². The van der Waals surface area contributed by atoms with Crippen molar-refractivity contribution in [1.29, 1.82) is 0 Å². The first-order chi connectivity index (χ1) is 9.20. The number of aromatic nitrogens is 1. The predicted octanol–water partition coefficient (Wildman–Crippen LogP) is 3.46. The van der Waals surface area contributed by atoms with Crippen molar-refractivity contribution in [3.63, 3.8) is 0 Å². The maximum absolute atomic E-state index is 11.9. The highest BCUT2D eigenvalue weighted by atomic mass is 35.5.